The summed E-state index contributed by atoms with van der Waals surface area (Å²) in [5.74, 6) is 0.0738. The van der Waals surface area contributed by atoms with Crippen LogP contribution in [0.3, 0.4) is 0 Å². The van der Waals surface area contributed by atoms with E-state index in [1.54, 1.807) is 25.2 Å². The third-order valence-corrected chi connectivity index (χ3v) is 9.97. The Bertz CT molecular complexity index is 1040. The molecule has 1 saturated carbocycles. The predicted molar refractivity (Wildman–Crippen MR) is 178 cm³/mol. The van der Waals surface area contributed by atoms with Crippen molar-refractivity contribution in [3.05, 3.63) is 48.6 Å². The lowest BCUT2D eigenvalue weighted by Gasteiger charge is -2.39. The quantitative estimate of drug-likeness (QED) is 0.180. The van der Waals surface area contributed by atoms with Gasteiger partial charge in [0.05, 0.1) is 30.1 Å². The van der Waals surface area contributed by atoms with Gasteiger partial charge in [-0.1, -0.05) is 83.9 Å². The van der Waals surface area contributed by atoms with E-state index in [-0.39, 0.29) is 77.7 Å². The van der Waals surface area contributed by atoms with Crippen molar-refractivity contribution >= 4 is 17.6 Å². The molecular weight excluding hydrogens is 552 g/mol. The zero-order valence-corrected chi connectivity index (χ0v) is 28.9. The lowest BCUT2D eigenvalue weighted by atomic mass is 9.80. The number of nitrogens with one attached hydrogen (secondary N) is 1. The number of amides is 2. The van der Waals surface area contributed by atoms with E-state index >= 15 is 0 Å². The minimum absolute atomic E-state index is 0.00237. The Morgan fingerprint density at radius 2 is 1.70 bits per heavy atom. The fourth-order valence-electron chi connectivity index (χ4n) is 7.27. The fourth-order valence-corrected chi connectivity index (χ4v) is 7.27. The summed E-state index contributed by atoms with van der Waals surface area (Å²) in [5, 5.41) is 3.18. The molecule has 7 heteroatoms. The maximum Gasteiger partial charge on any atom is 0.229 e. The van der Waals surface area contributed by atoms with Gasteiger partial charge in [0, 0.05) is 40.2 Å². The molecule has 0 heterocycles. The van der Waals surface area contributed by atoms with E-state index in [0.29, 0.717) is 6.42 Å². The van der Waals surface area contributed by atoms with Gasteiger partial charge in [0.15, 0.2) is 0 Å². The maximum atomic E-state index is 13.6. The molecule has 1 aliphatic carbocycles. The standard InChI is InChI=1S/C37H60N2O5/c1-11-25(5)34(39(8)37(42)31(12-2)24(3)4)33(43-9)23-30(40)22-29-19-16-20-32(29)35(44-10)27(7)36(41)38-26(6)21-28-17-14-13-15-18-28/h12-15,17-18,24-27,29,31-35H,2,11,16,19-23H2,1,3-10H3,(H,38,41)/t25-,26+,27+,29?,31-,32+,33+,34-,35+/m0/s1. The van der Waals surface area contributed by atoms with Crippen molar-refractivity contribution in [1.29, 1.82) is 0 Å². The SMILES string of the molecule is C=C[C@H](C(=O)N(C)[C@@H]([C@@H](C)CC)[C@@H](CC(=O)CC1CCC[C@H]1[C@H](OC)[C@@H](C)C(=O)N[C@H](C)Cc1ccccc1)OC)C(C)C. The maximum absolute atomic E-state index is 13.6. The molecule has 1 aromatic rings. The second-order valence-corrected chi connectivity index (χ2v) is 13.5. The summed E-state index contributed by atoms with van der Waals surface area (Å²) in [4.78, 5) is 42.2. The zero-order valence-electron chi connectivity index (χ0n) is 28.9. The number of carbonyl (C=O) groups is 3. The average molecular weight is 613 g/mol. The molecule has 7 nitrogen and oxygen atoms in total. The number of benzene rings is 1. The van der Waals surface area contributed by atoms with Crippen LogP contribution in [0.5, 0.6) is 0 Å². The molecule has 1 aromatic carbocycles. The number of nitrogens with zero attached hydrogens (tertiary/aromatic N) is 1. The zero-order chi connectivity index (χ0) is 33.0. The van der Waals surface area contributed by atoms with Crippen molar-refractivity contribution in [2.24, 2.45) is 35.5 Å². The lowest BCUT2D eigenvalue weighted by molar-refractivity contribution is -0.142. The van der Waals surface area contributed by atoms with Crippen molar-refractivity contribution in [1.82, 2.24) is 10.2 Å². The minimum atomic E-state index is -0.405. The molecule has 2 rings (SSSR count). The third kappa shape index (κ3) is 10.3. The molecule has 1 unspecified atom stereocenters. The van der Waals surface area contributed by atoms with Gasteiger partial charge in [-0.25, -0.2) is 0 Å². The Balaban J connectivity index is 2.09. The molecule has 1 N–H and O–H groups in total. The van der Waals surface area contributed by atoms with Gasteiger partial charge in [-0.15, -0.1) is 6.58 Å². The molecule has 0 aliphatic heterocycles. The van der Waals surface area contributed by atoms with Gasteiger partial charge in [0.2, 0.25) is 11.8 Å². The second-order valence-electron chi connectivity index (χ2n) is 13.5. The van der Waals surface area contributed by atoms with Crippen molar-refractivity contribution in [2.45, 2.75) is 111 Å². The van der Waals surface area contributed by atoms with Gasteiger partial charge < -0.3 is 19.7 Å². The first kappa shape index (κ1) is 37.7. The molecule has 1 aliphatic rings. The van der Waals surface area contributed by atoms with E-state index < -0.39 is 6.10 Å². The van der Waals surface area contributed by atoms with Crippen LogP contribution in [0, 0.1) is 35.5 Å². The number of likely N-dealkylation sites (N-methyl/N-ethyl adjacent to an activating group) is 1. The van der Waals surface area contributed by atoms with Crippen molar-refractivity contribution in [3.8, 4) is 0 Å². The Hall–Kier alpha value is -2.51. The number of ether oxygens (including phenoxy) is 2. The first-order valence-corrected chi connectivity index (χ1v) is 16.7. The van der Waals surface area contributed by atoms with Crippen LogP contribution in [-0.4, -0.2) is 68.1 Å². The van der Waals surface area contributed by atoms with E-state index in [1.807, 2.05) is 52.9 Å². The molecule has 44 heavy (non-hydrogen) atoms. The highest BCUT2D eigenvalue weighted by Crippen LogP contribution is 2.40. The van der Waals surface area contributed by atoms with Gasteiger partial charge in [-0.2, -0.15) is 0 Å². The van der Waals surface area contributed by atoms with Crippen LogP contribution in [0.4, 0.5) is 0 Å². The molecule has 0 saturated heterocycles. The molecule has 0 aromatic heterocycles. The van der Waals surface area contributed by atoms with E-state index in [1.165, 1.54) is 5.56 Å². The molecule has 248 valence electrons. The molecular formula is C37H60N2O5. The number of hydrogen-bond acceptors (Lipinski definition) is 5. The monoisotopic (exact) mass is 612 g/mol. The van der Waals surface area contributed by atoms with Gasteiger partial charge in [0.25, 0.3) is 0 Å². The smallest absolute Gasteiger partial charge is 0.229 e. The van der Waals surface area contributed by atoms with Crippen LogP contribution >= 0.6 is 0 Å². The molecule has 0 radical (unpaired) electrons. The second kappa shape index (κ2) is 18.5. The lowest BCUT2D eigenvalue weighted by Crippen LogP contribution is -2.51. The first-order valence-electron chi connectivity index (χ1n) is 16.7. The fraction of sp³-hybridized carbons (Fsp3) is 0.703. The van der Waals surface area contributed by atoms with Gasteiger partial charge >= 0.3 is 0 Å². The topological polar surface area (TPSA) is 84.9 Å². The Kier molecular flexibility index (Phi) is 15.8. The number of rotatable bonds is 19. The van der Waals surface area contributed by atoms with E-state index in [2.05, 4.69) is 37.9 Å². The summed E-state index contributed by atoms with van der Waals surface area (Å²) >= 11 is 0. The van der Waals surface area contributed by atoms with Crippen LogP contribution in [0.2, 0.25) is 0 Å². The highest BCUT2D eigenvalue weighted by atomic mass is 16.5. The summed E-state index contributed by atoms with van der Waals surface area (Å²) < 4.78 is 11.9. The normalized spacial score (nSPS) is 21.5. The average Bonchev–Trinajstić information content (AvgIpc) is 3.44. The van der Waals surface area contributed by atoms with E-state index in [4.69, 9.17) is 9.47 Å². The van der Waals surface area contributed by atoms with Crippen LogP contribution in [-0.2, 0) is 30.3 Å². The molecule has 0 bridgehead atoms. The van der Waals surface area contributed by atoms with Crippen molar-refractivity contribution < 1.29 is 23.9 Å². The number of carbonyl (C=O) groups excluding carboxylic acids is 3. The number of hydrogen-bond donors (Lipinski definition) is 1. The molecule has 0 spiro atoms. The Labute approximate surface area is 267 Å². The largest absolute Gasteiger partial charge is 0.380 e. The van der Waals surface area contributed by atoms with E-state index in [9.17, 15) is 14.4 Å². The Morgan fingerprint density at radius 1 is 1.05 bits per heavy atom. The third-order valence-electron chi connectivity index (χ3n) is 9.97. The number of Topliss-reactive ketones (excluding diaryl/α,β-unsaturated/α-hetero) is 1. The highest BCUT2D eigenvalue weighted by Gasteiger charge is 2.41. The number of ketones is 1. The Morgan fingerprint density at radius 3 is 2.25 bits per heavy atom. The van der Waals surface area contributed by atoms with Crippen LogP contribution in [0.15, 0.2) is 43.0 Å². The first-order chi connectivity index (χ1) is 20.9. The number of methoxy groups -OCH3 is 2. The van der Waals surface area contributed by atoms with Crippen LogP contribution in [0.1, 0.15) is 85.6 Å². The van der Waals surface area contributed by atoms with E-state index in [0.717, 1.165) is 32.1 Å². The molecule has 9 atom stereocenters. The molecule has 1 fully saturated rings. The summed E-state index contributed by atoms with van der Waals surface area (Å²) in [7, 11) is 5.15. The minimum Gasteiger partial charge on any atom is -0.380 e. The van der Waals surface area contributed by atoms with Crippen molar-refractivity contribution in [3.63, 3.8) is 0 Å². The predicted octanol–water partition coefficient (Wildman–Crippen LogP) is 6.50. The van der Waals surface area contributed by atoms with Gasteiger partial charge in [-0.05, 0) is 55.4 Å². The summed E-state index contributed by atoms with van der Waals surface area (Å²) in [6.07, 6.45) is 6.25. The highest BCUT2D eigenvalue weighted by molar-refractivity contribution is 5.82. The van der Waals surface area contributed by atoms with Gasteiger partial charge in [0.1, 0.15) is 5.78 Å². The summed E-state index contributed by atoms with van der Waals surface area (Å²) in [6, 6.07) is 9.93. The summed E-state index contributed by atoms with van der Waals surface area (Å²) in [6.45, 7) is 16.1. The molecule has 2 amide bonds. The van der Waals surface area contributed by atoms with Crippen LogP contribution in [0.25, 0.3) is 0 Å². The van der Waals surface area contributed by atoms with Crippen molar-refractivity contribution in [2.75, 3.05) is 21.3 Å². The summed E-state index contributed by atoms with van der Waals surface area (Å²) in [5.41, 5.74) is 1.19. The van der Waals surface area contributed by atoms with Gasteiger partial charge in [-0.3, -0.25) is 14.4 Å². The van der Waals surface area contributed by atoms with Crippen LogP contribution < -0.4 is 5.32 Å².